The average Bonchev–Trinajstić information content (AvgIpc) is 2.59. The number of nitriles is 1. The number of ether oxygens (including phenoxy) is 2. The van der Waals surface area contributed by atoms with Crippen molar-refractivity contribution in [2.24, 2.45) is 0 Å². The lowest BCUT2D eigenvalue weighted by Gasteiger charge is -2.10. The van der Waals surface area contributed by atoms with Crippen molar-refractivity contribution in [2.45, 2.75) is 11.3 Å². The normalized spacial score (nSPS) is 10.8. The molecular weight excluding hydrogens is 316 g/mol. The van der Waals surface area contributed by atoms with E-state index in [-0.39, 0.29) is 17.3 Å². The molecular formula is C16H16N2O4S. The van der Waals surface area contributed by atoms with Crippen molar-refractivity contribution in [3.63, 3.8) is 0 Å². The molecule has 0 aliphatic heterocycles. The van der Waals surface area contributed by atoms with Crippen LogP contribution in [0, 0.1) is 11.3 Å². The summed E-state index contributed by atoms with van der Waals surface area (Å²) in [4.78, 5) is 4.05. The summed E-state index contributed by atoms with van der Waals surface area (Å²) in [7, 11) is -2.01. The van der Waals surface area contributed by atoms with Gasteiger partial charge in [0.25, 0.3) is 0 Å². The molecule has 1 aromatic heterocycles. The second-order valence-electron chi connectivity index (χ2n) is 4.69. The number of sulfone groups is 1. The highest BCUT2D eigenvalue weighted by atomic mass is 32.2. The van der Waals surface area contributed by atoms with Gasteiger partial charge in [-0.2, -0.15) is 5.26 Å². The number of para-hydroxylation sites is 1. The van der Waals surface area contributed by atoms with Crippen molar-refractivity contribution in [2.75, 3.05) is 19.5 Å². The van der Waals surface area contributed by atoms with Gasteiger partial charge in [0.1, 0.15) is 22.5 Å². The quantitative estimate of drug-likeness (QED) is 0.722. The van der Waals surface area contributed by atoms with Crippen LogP contribution in [0.5, 0.6) is 11.5 Å². The first-order chi connectivity index (χ1) is 11.1. The molecule has 2 rings (SSSR count). The van der Waals surface area contributed by atoms with Crippen LogP contribution in [0.3, 0.4) is 0 Å². The van der Waals surface area contributed by atoms with Crippen molar-refractivity contribution in [1.82, 2.24) is 4.98 Å². The Morgan fingerprint density at radius 3 is 2.78 bits per heavy atom. The van der Waals surface area contributed by atoms with Gasteiger partial charge >= 0.3 is 0 Å². The summed E-state index contributed by atoms with van der Waals surface area (Å²) < 4.78 is 35.2. The van der Waals surface area contributed by atoms with Crippen LogP contribution in [0.1, 0.15) is 12.0 Å². The summed E-state index contributed by atoms with van der Waals surface area (Å²) in [5, 5.41) is 8.78. The molecule has 0 saturated heterocycles. The summed E-state index contributed by atoms with van der Waals surface area (Å²) in [6.45, 7) is 0.213. The van der Waals surface area contributed by atoms with Crippen LogP contribution < -0.4 is 9.47 Å². The molecule has 2 aromatic rings. The molecule has 0 aliphatic rings. The maximum atomic E-state index is 12.3. The molecule has 0 radical (unpaired) electrons. The molecule has 1 heterocycles. The zero-order valence-electron chi connectivity index (χ0n) is 12.6. The lowest BCUT2D eigenvalue weighted by Crippen LogP contribution is -2.11. The smallest absolute Gasteiger partial charge is 0.182 e. The van der Waals surface area contributed by atoms with E-state index in [1.54, 1.807) is 24.3 Å². The molecule has 0 unspecified atom stereocenters. The van der Waals surface area contributed by atoms with Crippen molar-refractivity contribution in [3.8, 4) is 17.6 Å². The van der Waals surface area contributed by atoms with Crippen LogP contribution >= 0.6 is 0 Å². The summed E-state index contributed by atoms with van der Waals surface area (Å²) in [5.41, 5.74) is 0.393. The Morgan fingerprint density at radius 2 is 2.04 bits per heavy atom. The standard InChI is InChI=1S/C16H16N2O4S/c1-21-15-5-2-3-6-16(15)23(19,20)8-4-7-22-14-9-13(10-17)11-18-12-14/h2-3,5-6,9,11-12H,4,7-8H2,1H3. The monoisotopic (exact) mass is 332 g/mol. The zero-order valence-corrected chi connectivity index (χ0v) is 13.4. The lowest BCUT2D eigenvalue weighted by atomic mass is 10.3. The second-order valence-corrected chi connectivity index (χ2v) is 6.77. The van der Waals surface area contributed by atoms with Crippen LogP contribution in [-0.4, -0.2) is 32.9 Å². The topological polar surface area (TPSA) is 89.3 Å². The van der Waals surface area contributed by atoms with Crippen LogP contribution in [0.4, 0.5) is 0 Å². The van der Waals surface area contributed by atoms with Crippen molar-refractivity contribution >= 4 is 9.84 Å². The van der Waals surface area contributed by atoms with Crippen LogP contribution in [0.2, 0.25) is 0 Å². The molecule has 120 valence electrons. The fourth-order valence-electron chi connectivity index (χ4n) is 1.98. The van der Waals surface area contributed by atoms with E-state index < -0.39 is 9.84 Å². The van der Waals surface area contributed by atoms with E-state index in [1.807, 2.05) is 6.07 Å². The van der Waals surface area contributed by atoms with E-state index in [1.165, 1.54) is 25.6 Å². The second kappa shape index (κ2) is 7.61. The number of hydrogen-bond donors (Lipinski definition) is 0. The van der Waals surface area contributed by atoms with Crippen LogP contribution in [0.15, 0.2) is 47.6 Å². The number of nitrogens with zero attached hydrogens (tertiary/aromatic N) is 2. The number of aromatic nitrogens is 1. The van der Waals surface area contributed by atoms with Gasteiger partial charge in [-0.25, -0.2) is 8.42 Å². The highest BCUT2D eigenvalue weighted by Crippen LogP contribution is 2.24. The van der Waals surface area contributed by atoms with Gasteiger partial charge in [0.05, 0.1) is 31.2 Å². The number of methoxy groups -OCH3 is 1. The van der Waals surface area contributed by atoms with Gasteiger partial charge in [0.15, 0.2) is 9.84 Å². The van der Waals surface area contributed by atoms with Crippen LogP contribution in [-0.2, 0) is 9.84 Å². The summed E-state index contributed by atoms with van der Waals surface area (Å²) in [6.07, 6.45) is 3.23. The van der Waals surface area contributed by atoms with Gasteiger partial charge in [-0.05, 0) is 18.6 Å². The molecule has 0 N–H and O–H groups in total. The fraction of sp³-hybridized carbons (Fsp3) is 0.250. The number of hydrogen-bond acceptors (Lipinski definition) is 6. The van der Waals surface area contributed by atoms with E-state index in [0.29, 0.717) is 23.5 Å². The molecule has 0 spiro atoms. The van der Waals surface area contributed by atoms with Crippen LogP contribution in [0.25, 0.3) is 0 Å². The van der Waals surface area contributed by atoms with Crippen molar-refractivity contribution in [1.29, 1.82) is 5.26 Å². The molecule has 0 atom stereocenters. The molecule has 1 aromatic carbocycles. The van der Waals surface area contributed by atoms with Gasteiger partial charge in [-0.3, -0.25) is 4.98 Å². The predicted molar refractivity (Wildman–Crippen MR) is 84.1 cm³/mol. The van der Waals surface area contributed by atoms with E-state index >= 15 is 0 Å². The number of pyridine rings is 1. The summed E-state index contributed by atoms with van der Waals surface area (Å²) >= 11 is 0. The largest absolute Gasteiger partial charge is 0.495 e. The SMILES string of the molecule is COc1ccccc1S(=O)(=O)CCCOc1cncc(C#N)c1. The van der Waals surface area contributed by atoms with E-state index in [9.17, 15) is 8.42 Å². The summed E-state index contributed by atoms with van der Waals surface area (Å²) in [5.74, 6) is 0.719. The number of benzene rings is 1. The molecule has 0 saturated carbocycles. The van der Waals surface area contributed by atoms with Gasteiger partial charge in [0.2, 0.25) is 0 Å². The Morgan fingerprint density at radius 1 is 1.26 bits per heavy atom. The maximum absolute atomic E-state index is 12.3. The minimum absolute atomic E-state index is 0.0568. The van der Waals surface area contributed by atoms with Gasteiger partial charge in [-0.1, -0.05) is 12.1 Å². The maximum Gasteiger partial charge on any atom is 0.182 e. The van der Waals surface area contributed by atoms with Gasteiger partial charge in [-0.15, -0.1) is 0 Å². The Kier molecular flexibility index (Phi) is 5.55. The highest BCUT2D eigenvalue weighted by Gasteiger charge is 2.18. The van der Waals surface area contributed by atoms with E-state index in [4.69, 9.17) is 14.7 Å². The first-order valence-electron chi connectivity index (χ1n) is 6.90. The molecule has 0 bridgehead atoms. The Balaban J connectivity index is 1.94. The Hall–Kier alpha value is -2.59. The average molecular weight is 332 g/mol. The zero-order chi connectivity index (χ0) is 16.7. The third kappa shape index (κ3) is 4.44. The lowest BCUT2D eigenvalue weighted by molar-refractivity contribution is 0.316. The number of rotatable bonds is 7. The minimum atomic E-state index is -3.44. The molecule has 7 heteroatoms. The third-order valence-electron chi connectivity index (χ3n) is 3.07. The molecule has 0 fully saturated rings. The van der Waals surface area contributed by atoms with Gasteiger partial charge in [0, 0.05) is 12.3 Å². The third-order valence-corrected chi connectivity index (χ3v) is 4.91. The molecule has 6 nitrogen and oxygen atoms in total. The highest BCUT2D eigenvalue weighted by molar-refractivity contribution is 7.91. The molecule has 23 heavy (non-hydrogen) atoms. The molecule has 0 aliphatic carbocycles. The van der Waals surface area contributed by atoms with E-state index in [0.717, 1.165) is 0 Å². The Bertz CT molecular complexity index is 813. The Labute approximate surface area is 135 Å². The van der Waals surface area contributed by atoms with Crippen molar-refractivity contribution in [3.05, 3.63) is 48.3 Å². The first kappa shape index (κ1) is 16.8. The minimum Gasteiger partial charge on any atom is -0.495 e. The summed E-state index contributed by atoms with van der Waals surface area (Å²) in [6, 6.07) is 10.0. The van der Waals surface area contributed by atoms with E-state index in [2.05, 4.69) is 4.98 Å². The first-order valence-corrected chi connectivity index (χ1v) is 8.56. The fourth-order valence-corrected chi connectivity index (χ4v) is 3.45. The molecule has 0 amide bonds. The van der Waals surface area contributed by atoms with Crippen molar-refractivity contribution < 1.29 is 17.9 Å². The van der Waals surface area contributed by atoms with Gasteiger partial charge < -0.3 is 9.47 Å². The predicted octanol–water partition coefficient (Wildman–Crippen LogP) is 2.20.